The van der Waals surface area contributed by atoms with E-state index in [2.05, 4.69) is 18.7 Å². The van der Waals surface area contributed by atoms with Crippen LogP contribution in [0.3, 0.4) is 0 Å². The summed E-state index contributed by atoms with van der Waals surface area (Å²) in [5, 5.41) is 0. The Kier molecular flexibility index (Phi) is 4.48. The van der Waals surface area contributed by atoms with Crippen molar-refractivity contribution < 1.29 is 0 Å². The Bertz CT molecular complexity index is 231. The molecule has 2 N–H and O–H groups in total. The lowest BCUT2D eigenvalue weighted by molar-refractivity contribution is 0.0953. The van der Waals surface area contributed by atoms with Gasteiger partial charge in [0, 0.05) is 6.54 Å². The van der Waals surface area contributed by atoms with Gasteiger partial charge in [-0.1, -0.05) is 26.7 Å². The highest BCUT2D eigenvalue weighted by molar-refractivity contribution is 4.85. The fraction of sp³-hybridized carbons (Fsp3) is 1.00. The molecular formula is C15H30N2. The van der Waals surface area contributed by atoms with Gasteiger partial charge in [0.1, 0.15) is 0 Å². The monoisotopic (exact) mass is 238 g/mol. The predicted molar refractivity (Wildman–Crippen MR) is 74.0 cm³/mol. The number of piperidine rings is 1. The minimum absolute atomic E-state index is 0.624. The molecule has 2 heteroatoms. The maximum Gasteiger partial charge on any atom is 0.00128 e. The van der Waals surface area contributed by atoms with Crippen LogP contribution in [0, 0.1) is 17.3 Å². The van der Waals surface area contributed by atoms with Crippen molar-refractivity contribution in [3.8, 4) is 0 Å². The van der Waals surface area contributed by atoms with Crippen molar-refractivity contribution >= 4 is 0 Å². The van der Waals surface area contributed by atoms with E-state index in [0.717, 1.165) is 18.4 Å². The van der Waals surface area contributed by atoms with Crippen molar-refractivity contribution in [1.82, 2.24) is 4.90 Å². The first-order valence-electron chi connectivity index (χ1n) is 7.59. The molecule has 1 saturated heterocycles. The Morgan fingerprint density at radius 1 is 1.18 bits per heavy atom. The summed E-state index contributed by atoms with van der Waals surface area (Å²) in [5.41, 5.74) is 6.50. The van der Waals surface area contributed by atoms with Gasteiger partial charge in [-0.15, -0.1) is 0 Å². The summed E-state index contributed by atoms with van der Waals surface area (Å²) < 4.78 is 0. The largest absolute Gasteiger partial charge is 0.330 e. The molecular weight excluding hydrogens is 208 g/mol. The highest BCUT2D eigenvalue weighted by Crippen LogP contribution is 2.36. The Morgan fingerprint density at radius 3 is 2.41 bits per heavy atom. The first kappa shape index (κ1) is 13.4. The second-order valence-corrected chi connectivity index (χ2v) is 6.65. The summed E-state index contributed by atoms with van der Waals surface area (Å²) in [4.78, 5) is 2.70. The van der Waals surface area contributed by atoms with E-state index in [1.54, 1.807) is 0 Å². The topological polar surface area (TPSA) is 29.3 Å². The Hall–Kier alpha value is -0.0800. The molecule has 1 aliphatic carbocycles. The van der Waals surface area contributed by atoms with Gasteiger partial charge < -0.3 is 10.6 Å². The molecule has 2 nitrogen and oxygen atoms in total. The molecule has 2 unspecified atom stereocenters. The lowest BCUT2D eigenvalue weighted by Crippen LogP contribution is -2.41. The molecule has 0 radical (unpaired) electrons. The molecule has 0 aromatic carbocycles. The van der Waals surface area contributed by atoms with Gasteiger partial charge in [0.05, 0.1) is 0 Å². The van der Waals surface area contributed by atoms with Crippen LogP contribution in [-0.4, -0.2) is 31.1 Å². The molecule has 100 valence electrons. The summed E-state index contributed by atoms with van der Waals surface area (Å²) in [6.45, 7) is 9.67. The third-order valence-corrected chi connectivity index (χ3v) is 5.53. The number of nitrogens with two attached hydrogens (primary N) is 1. The smallest absolute Gasteiger partial charge is 0.00128 e. The van der Waals surface area contributed by atoms with Crippen LogP contribution in [0.2, 0.25) is 0 Å². The van der Waals surface area contributed by atoms with Gasteiger partial charge in [-0.2, -0.15) is 0 Å². The first-order chi connectivity index (χ1) is 8.17. The Labute approximate surface area is 107 Å². The van der Waals surface area contributed by atoms with E-state index in [9.17, 15) is 0 Å². The van der Waals surface area contributed by atoms with Gasteiger partial charge >= 0.3 is 0 Å². The second kappa shape index (κ2) is 5.71. The molecule has 0 spiro atoms. The third kappa shape index (κ3) is 3.23. The van der Waals surface area contributed by atoms with E-state index in [0.29, 0.717) is 5.41 Å². The van der Waals surface area contributed by atoms with Gasteiger partial charge in [0.15, 0.2) is 0 Å². The minimum Gasteiger partial charge on any atom is -0.330 e. The van der Waals surface area contributed by atoms with Gasteiger partial charge in [-0.3, -0.25) is 0 Å². The van der Waals surface area contributed by atoms with Crippen molar-refractivity contribution in [1.29, 1.82) is 0 Å². The minimum atomic E-state index is 0.624. The number of rotatable bonds is 4. The molecule has 2 fully saturated rings. The molecule has 0 bridgehead atoms. The quantitative estimate of drug-likeness (QED) is 0.816. The molecule has 0 amide bonds. The van der Waals surface area contributed by atoms with Crippen LogP contribution in [-0.2, 0) is 0 Å². The molecule has 0 aromatic rings. The van der Waals surface area contributed by atoms with E-state index in [-0.39, 0.29) is 0 Å². The maximum absolute atomic E-state index is 5.88. The highest BCUT2D eigenvalue weighted by Gasteiger charge is 2.32. The van der Waals surface area contributed by atoms with E-state index in [1.165, 1.54) is 58.2 Å². The number of hydrogen-bond acceptors (Lipinski definition) is 2. The average molecular weight is 238 g/mol. The van der Waals surface area contributed by atoms with E-state index in [4.69, 9.17) is 5.73 Å². The summed E-state index contributed by atoms with van der Waals surface area (Å²) in [5.74, 6) is 1.71. The number of hydrogen-bond donors (Lipinski definition) is 1. The van der Waals surface area contributed by atoms with Crippen LogP contribution in [0.25, 0.3) is 0 Å². The number of nitrogens with zero attached hydrogens (tertiary/aromatic N) is 1. The van der Waals surface area contributed by atoms with Crippen LogP contribution in [0.5, 0.6) is 0 Å². The lowest BCUT2D eigenvalue weighted by atomic mass is 9.78. The molecule has 0 aromatic heterocycles. The normalized spacial score (nSPS) is 34.1. The zero-order valence-corrected chi connectivity index (χ0v) is 11.8. The van der Waals surface area contributed by atoms with Gasteiger partial charge in [0.25, 0.3) is 0 Å². The molecule has 1 heterocycles. The van der Waals surface area contributed by atoms with Crippen molar-refractivity contribution in [3.63, 3.8) is 0 Å². The van der Waals surface area contributed by atoms with Crippen molar-refractivity contribution in [3.05, 3.63) is 0 Å². The summed E-state index contributed by atoms with van der Waals surface area (Å²) in [7, 11) is 0. The summed E-state index contributed by atoms with van der Waals surface area (Å²) in [6.07, 6.45) is 8.33. The fourth-order valence-electron chi connectivity index (χ4n) is 3.62. The third-order valence-electron chi connectivity index (χ3n) is 5.53. The second-order valence-electron chi connectivity index (χ2n) is 6.65. The molecule has 2 atom stereocenters. The molecule has 17 heavy (non-hydrogen) atoms. The SMILES string of the molecule is CCC1(C)CCN(CC2CCCC2CN)CC1. The molecule has 1 aliphatic heterocycles. The fourth-order valence-corrected chi connectivity index (χ4v) is 3.62. The van der Waals surface area contributed by atoms with Crippen LogP contribution >= 0.6 is 0 Å². The van der Waals surface area contributed by atoms with E-state index in [1.807, 2.05) is 0 Å². The average Bonchev–Trinajstić information content (AvgIpc) is 2.80. The highest BCUT2D eigenvalue weighted by atomic mass is 15.1. The van der Waals surface area contributed by atoms with Gasteiger partial charge in [-0.05, 0) is 62.6 Å². The predicted octanol–water partition coefficient (Wildman–Crippen LogP) is 2.87. The molecule has 2 aliphatic rings. The zero-order chi connectivity index (χ0) is 12.3. The molecule has 1 saturated carbocycles. The Morgan fingerprint density at radius 2 is 1.82 bits per heavy atom. The summed E-state index contributed by atoms with van der Waals surface area (Å²) >= 11 is 0. The van der Waals surface area contributed by atoms with Gasteiger partial charge in [0.2, 0.25) is 0 Å². The number of likely N-dealkylation sites (tertiary alicyclic amines) is 1. The van der Waals surface area contributed by atoms with Gasteiger partial charge in [-0.25, -0.2) is 0 Å². The zero-order valence-electron chi connectivity index (χ0n) is 11.8. The van der Waals surface area contributed by atoms with Crippen LogP contribution in [0.4, 0.5) is 0 Å². The van der Waals surface area contributed by atoms with Crippen molar-refractivity contribution in [2.75, 3.05) is 26.2 Å². The first-order valence-corrected chi connectivity index (χ1v) is 7.59. The Balaban J connectivity index is 1.78. The maximum atomic E-state index is 5.88. The van der Waals surface area contributed by atoms with Crippen LogP contribution in [0.15, 0.2) is 0 Å². The molecule has 2 rings (SSSR count). The van der Waals surface area contributed by atoms with E-state index < -0.39 is 0 Å². The van der Waals surface area contributed by atoms with Crippen LogP contribution < -0.4 is 5.73 Å². The summed E-state index contributed by atoms with van der Waals surface area (Å²) in [6, 6.07) is 0. The lowest BCUT2D eigenvalue weighted by Gasteiger charge is -2.40. The van der Waals surface area contributed by atoms with Crippen molar-refractivity contribution in [2.24, 2.45) is 23.0 Å². The van der Waals surface area contributed by atoms with Crippen LogP contribution in [0.1, 0.15) is 52.4 Å². The van der Waals surface area contributed by atoms with E-state index >= 15 is 0 Å². The van der Waals surface area contributed by atoms with Crippen molar-refractivity contribution in [2.45, 2.75) is 52.4 Å². The standard InChI is InChI=1S/C15H30N2/c1-3-15(2)7-9-17(10-8-15)12-14-6-4-5-13(14)11-16/h13-14H,3-12,16H2,1-2H3.